The van der Waals surface area contributed by atoms with Gasteiger partial charge in [0, 0.05) is 5.92 Å². The van der Waals surface area contributed by atoms with Gasteiger partial charge in [0.15, 0.2) is 5.78 Å². The van der Waals surface area contributed by atoms with E-state index in [-0.39, 0.29) is 11.7 Å². The average molecular weight is 172 g/mol. The van der Waals surface area contributed by atoms with Crippen molar-refractivity contribution in [2.75, 3.05) is 13.2 Å². The molecule has 0 aliphatic carbocycles. The van der Waals surface area contributed by atoms with Crippen LogP contribution < -0.4 is 0 Å². The van der Waals surface area contributed by atoms with Crippen LogP contribution in [-0.2, 0) is 14.3 Å². The van der Waals surface area contributed by atoms with Crippen LogP contribution in [0.2, 0.25) is 0 Å². The molecule has 0 aromatic heterocycles. The molecule has 0 unspecified atom stereocenters. The number of carbonyl (C=O) groups is 1. The lowest BCUT2D eigenvalue weighted by molar-refractivity contribution is -0.245. The van der Waals surface area contributed by atoms with Gasteiger partial charge in [0.2, 0.25) is 5.79 Å². The Kier molecular flexibility index (Phi) is 2.85. The predicted molar refractivity (Wildman–Crippen MR) is 44.8 cm³/mol. The third-order valence-electron chi connectivity index (χ3n) is 2.02. The van der Waals surface area contributed by atoms with Gasteiger partial charge in [0.1, 0.15) is 0 Å². The molecule has 0 radical (unpaired) electrons. The largest absolute Gasteiger partial charge is 0.344 e. The lowest BCUT2D eigenvalue weighted by Crippen LogP contribution is -2.47. The summed E-state index contributed by atoms with van der Waals surface area (Å²) in [6.45, 7) is 6.65. The van der Waals surface area contributed by atoms with E-state index in [1.165, 1.54) is 0 Å². The topological polar surface area (TPSA) is 35.5 Å². The summed E-state index contributed by atoms with van der Waals surface area (Å²) in [4.78, 5) is 11.6. The van der Waals surface area contributed by atoms with Gasteiger partial charge in [-0.25, -0.2) is 0 Å². The Balaban J connectivity index is 2.62. The molecule has 0 N–H and O–H groups in total. The van der Waals surface area contributed by atoms with Gasteiger partial charge in [0.25, 0.3) is 0 Å². The number of hydrogen-bond donors (Lipinski definition) is 0. The van der Waals surface area contributed by atoms with Crippen LogP contribution in [0.1, 0.15) is 27.2 Å². The lowest BCUT2D eigenvalue weighted by atomic mass is 10.0. The Morgan fingerprint density at radius 3 is 2.25 bits per heavy atom. The fraction of sp³-hybridized carbons (Fsp3) is 0.889. The van der Waals surface area contributed by atoms with E-state index in [2.05, 4.69) is 0 Å². The molecular weight excluding hydrogens is 156 g/mol. The zero-order valence-corrected chi connectivity index (χ0v) is 7.92. The Labute approximate surface area is 73.0 Å². The summed E-state index contributed by atoms with van der Waals surface area (Å²) in [5.41, 5.74) is 0. The van der Waals surface area contributed by atoms with Crippen LogP contribution in [0.5, 0.6) is 0 Å². The molecule has 1 rings (SSSR count). The van der Waals surface area contributed by atoms with Crippen LogP contribution in [-0.4, -0.2) is 24.8 Å². The third-order valence-corrected chi connectivity index (χ3v) is 2.02. The Morgan fingerprint density at radius 1 is 1.33 bits per heavy atom. The number of ether oxygens (including phenoxy) is 2. The Morgan fingerprint density at radius 2 is 1.83 bits per heavy atom. The highest BCUT2D eigenvalue weighted by Gasteiger charge is 2.38. The van der Waals surface area contributed by atoms with Gasteiger partial charge < -0.3 is 9.47 Å². The van der Waals surface area contributed by atoms with Crippen molar-refractivity contribution in [3.05, 3.63) is 0 Å². The SMILES string of the molecule is CC(C)C(=O)C1(C)OCCCO1. The van der Waals surface area contributed by atoms with E-state index >= 15 is 0 Å². The van der Waals surface area contributed by atoms with E-state index in [9.17, 15) is 4.79 Å². The molecule has 3 nitrogen and oxygen atoms in total. The van der Waals surface area contributed by atoms with Crippen molar-refractivity contribution in [2.24, 2.45) is 5.92 Å². The molecule has 1 aliphatic heterocycles. The summed E-state index contributed by atoms with van der Waals surface area (Å²) in [6, 6.07) is 0. The van der Waals surface area contributed by atoms with Gasteiger partial charge in [-0.2, -0.15) is 0 Å². The minimum absolute atomic E-state index is 0.0298. The summed E-state index contributed by atoms with van der Waals surface area (Å²) in [6.07, 6.45) is 0.876. The lowest BCUT2D eigenvalue weighted by Gasteiger charge is -2.33. The number of rotatable bonds is 2. The molecule has 1 saturated heterocycles. The Bertz CT molecular complexity index is 169. The molecule has 0 bridgehead atoms. The zero-order valence-electron chi connectivity index (χ0n) is 7.92. The number of carbonyl (C=O) groups excluding carboxylic acids is 1. The normalized spacial score (nSPS) is 22.7. The molecule has 0 spiro atoms. The third kappa shape index (κ3) is 1.84. The molecule has 0 amide bonds. The van der Waals surface area contributed by atoms with Crippen molar-refractivity contribution in [3.8, 4) is 0 Å². The van der Waals surface area contributed by atoms with Crippen LogP contribution in [0, 0.1) is 5.92 Å². The standard InChI is InChI=1S/C9H16O3/c1-7(2)8(10)9(3)11-5-4-6-12-9/h7H,4-6H2,1-3H3. The molecule has 0 aromatic carbocycles. The summed E-state index contributed by atoms with van der Waals surface area (Å²) >= 11 is 0. The number of hydrogen-bond acceptors (Lipinski definition) is 3. The highest BCUT2D eigenvalue weighted by atomic mass is 16.7. The molecule has 1 heterocycles. The van der Waals surface area contributed by atoms with Gasteiger partial charge in [-0.15, -0.1) is 0 Å². The van der Waals surface area contributed by atoms with E-state index in [1.54, 1.807) is 6.92 Å². The van der Waals surface area contributed by atoms with E-state index < -0.39 is 5.79 Å². The van der Waals surface area contributed by atoms with Crippen molar-refractivity contribution in [2.45, 2.75) is 33.0 Å². The van der Waals surface area contributed by atoms with Gasteiger partial charge in [-0.1, -0.05) is 13.8 Å². The molecule has 1 aliphatic rings. The second kappa shape index (κ2) is 3.54. The quantitative estimate of drug-likeness (QED) is 0.631. The molecule has 12 heavy (non-hydrogen) atoms. The van der Waals surface area contributed by atoms with Crippen molar-refractivity contribution >= 4 is 5.78 Å². The molecular formula is C9H16O3. The van der Waals surface area contributed by atoms with E-state index in [4.69, 9.17) is 9.47 Å². The summed E-state index contributed by atoms with van der Waals surface area (Å²) < 4.78 is 10.6. The van der Waals surface area contributed by atoms with Crippen LogP contribution in [0.25, 0.3) is 0 Å². The average Bonchev–Trinajstić information content (AvgIpc) is 2.04. The van der Waals surface area contributed by atoms with Gasteiger partial charge in [-0.05, 0) is 13.3 Å². The fourth-order valence-corrected chi connectivity index (χ4v) is 1.30. The van der Waals surface area contributed by atoms with Crippen molar-refractivity contribution < 1.29 is 14.3 Å². The minimum atomic E-state index is -0.980. The highest BCUT2D eigenvalue weighted by molar-refractivity contribution is 5.87. The smallest absolute Gasteiger partial charge is 0.226 e. The van der Waals surface area contributed by atoms with Gasteiger partial charge in [-0.3, -0.25) is 4.79 Å². The van der Waals surface area contributed by atoms with E-state index in [0.717, 1.165) is 6.42 Å². The molecule has 0 aromatic rings. The van der Waals surface area contributed by atoms with Crippen molar-refractivity contribution in [3.63, 3.8) is 0 Å². The molecule has 1 fully saturated rings. The zero-order chi connectivity index (χ0) is 9.19. The molecule has 0 atom stereocenters. The van der Waals surface area contributed by atoms with Crippen LogP contribution in [0.3, 0.4) is 0 Å². The summed E-state index contributed by atoms with van der Waals surface area (Å²) in [5, 5.41) is 0. The molecule has 3 heteroatoms. The highest BCUT2D eigenvalue weighted by Crippen LogP contribution is 2.22. The van der Waals surface area contributed by atoms with Crippen LogP contribution >= 0.6 is 0 Å². The second-order valence-electron chi connectivity index (χ2n) is 3.52. The first-order valence-electron chi connectivity index (χ1n) is 4.38. The molecule has 0 saturated carbocycles. The number of Topliss-reactive ketones (excluding diaryl/α,β-unsaturated/α-hetero) is 1. The monoisotopic (exact) mass is 172 g/mol. The van der Waals surface area contributed by atoms with E-state index in [1.807, 2.05) is 13.8 Å². The summed E-state index contributed by atoms with van der Waals surface area (Å²) in [7, 11) is 0. The Hall–Kier alpha value is -0.410. The van der Waals surface area contributed by atoms with Gasteiger partial charge in [0.05, 0.1) is 13.2 Å². The summed E-state index contributed by atoms with van der Waals surface area (Å²) in [5.74, 6) is -0.984. The van der Waals surface area contributed by atoms with Crippen molar-refractivity contribution in [1.82, 2.24) is 0 Å². The maximum absolute atomic E-state index is 11.6. The maximum Gasteiger partial charge on any atom is 0.226 e. The second-order valence-corrected chi connectivity index (χ2v) is 3.52. The predicted octanol–water partition coefficient (Wildman–Crippen LogP) is 1.36. The van der Waals surface area contributed by atoms with Gasteiger partial charge >= 0.3 is 0 Å². The first kappa shape index (κ1) is 9.68. The number of ketones is 1. The van der Waals surface area contributed by atoms with Crippen LogP contribution in [0.15, 0.2) is 0 Å². The molecule has 70 valence electrons. The minimum Gasteiger partial charge on any atom is -0.344 e. The van der Waals surface area contributed by atoms with E-state index in [0.29, 0.717) is 13.2 Å². The van der Waals surface area contributed by atoms with Crippen LogP contribution in [0.4, 0.5) is 0 Å². The fourth-order valence-electron chi connectivity index (χ4n) is 1.30. The maximum atomic E-state index is 11.6. The first-order valence-corrected chi connectivity index (χ1v) is 4.38. The first-order chi connectivity index (χ1) is 5.56. The van der Waals surface area contributed by atoms with Crippen molar-refractivity contribution in [1.29, 1.82) is 0 Å².